The van der Waals surface area contributed by atoms with Gasteiger partial charge in [-0.3, -0.25) is 9.55 Å². The van der Waals surface area contributed by atoms with Crippen LogP contribution in [-0.2, 0) is 19.8 Å². The maximum atomic E-state index is 14.1. The third kappa shape index (κ3) is 4.32. The number of allylic oxidation sites excluding steroid dienone is 1. The van der Waals surface area contributed by atoms with Crippen LogP contribution in [0.3, 0.4) is 0 Å². The van der Waals surface area contributed by atoms with Crippen LogP contribution < -0.4 is 4.90 Å². The summed E-state index contributed by atoms with van der Waals surface area (Å²) < 4.78 is 18.3. The van der Waals surface area contributed by atoms with E-state index in [-0.39, 0.29) is 5.82 Å². The van der Waals surface area contributed by atoms with Crippen molar-refractivity contribution in [2.45, 2.75) is 19.8 Å². The molecule has 3 rings (SSSR count). The van der Waals surface area contributed by atoms with Gasteiger partial charge in [0.1, 0.15) is 12.4 Å². The van der Waals surface area contributed by atoms with Crippen LogP contribution in [0.15, 0.2) is 55.4 Å². The van der Waals surface area contributed by atoms with Crippen molar-refractivity contribution in [2.24, 2.45) is 0 Å². The van der Waals surface area contributed by atoms with Crippen molar-refractivity contribution in [2.75, 3.05) is 7.05 Å². The van der Waals surface area contributed by atoms with Crippen LogP contribution in [-0.4, -0.2) is 26.4 Å². The molecule has 0 spiro atoms. The predicted molar refractivity (Wildman–Crippen MR) is 106 cm³/mol. The first-order chi connectivity index (χ1) is 13.0. The monoisotopic (exact) mass is 404 g/mol. The maximum absolute atomic E-state index is 14.1. The number of quaternary nitrogens is 1. The second-order valence-corrected chi connectivity index (χ2v) is 7.01. The van der Waals surface area contributed by atoms with Crippen molar-refractivity contribution < 1.29 is 9.29 Å². The molecule has 27 heavy (non-hydrogen) atoms. The maximum Gasteiger partial charge on any atom is 0.203 e. The minimum atomic E-state index is -0.307. The molecule has 0 amide bonds. The highest BCUT2D eigenvalue weighted by molar-refractivity contribution is 7.71. The molecule has 0 bridgehead atoms. The summed E-state index contributed by atoms with van der Waals surface area (Å²) >= 11 is 11.7. The SMILES string of the molecule is C=CCn1c(-c2cccnc2)nn(C[NH+](C)Cc2c(F)cccc2Cl)c1=S. The summed E-state index contributed by atoms with van der Waals surface area (Å²) in [4.78, 5) is 5.15. The van der Waals surface area contributed by atoms with Crippen molar-refractivity contribution in [1.29, 1.82) is 0 Å². The second kappa shape index (κ2) is 8.56. The average molecular weight is 405 g/mol. The van der Waals surface area contributed by atoms with Crippen LogP contribution in [0.4, 0.5) is 4.39 Å². The number of pyridine rings is 1. The normalized spacial score (nSPS) is 12.1. The number of benzene rings is 1. The van der Waals surface area contributed by atoms with Gasteiger partial charge in [-0.15, -0.1) is 11.7 Å². The molecule has 0 fully saturated rings. The fourth-order valence-electron chi connectivity index (χ4n) is 2.86. The van der Waals surface area contributed by atoms with E-state index in [0.29, 0.717) is 35.1 Å². The summed E-state index contributed by atoms with van der Waals surface area (Å²) in [5, 5.41) is 5.09. The highest BCUT2D eigenvalue weighted by Gasteiger charge is 2.17. The second-order valence-electron chi connectivity index (χ2n) is 6.24. The minimum absolute atomic E-state index is 0.307. The zero-order valence-corrected chi connectivity index (χ0v) is 16.5. The largest absolute Gasteiger partial charge is 0.315 e. The first-order valence-corrected chi connectivity index (χ1v) is 9.23. The highest BCUT2D eigenvalue weighted by Crippen LogP contribution is 2.18. The molecule has 0 aliphatic rings. The van der Waals surface area contributed by atoms with Gasteiger partial charge in [0, 0.05) is 24.5 Å². The Kier molecular flexibility index (Phi) is 6.15. The van der Waals surface area contributed by atoms with Gasteiger partial charge in [0.05, 0.1) is 17.6 Å². The number of halogens is 2. The standard InChI is InChI=1S/C19H19ClFN5S/c1-3-10-25-18(14-6-5-9-22-11-14)23-26(19(25)27)13-24(2)12-15-16(20)7-4-8-17(15)21/h3-9,11H,1,10,12-13H2,2H3/p+1. The van der Waals surface area contributed by atoms with E-state index in [1.54, 1.807) is 35.3 Å². The van der Waals surface area contributed by atoms with Gasteiger partial charge in [0.2, 0.25) is 4.77 Å². The number of hydrogen-bond donors (Lipinski definition) is 1. The van der Waals surface area contributed by atoms with Crippen LogP contribution in [0.2, 0.25) is 5.02 Å². The van der Waals surface area contributed by atoms with E-state index >= 15 is 0 Å². The van der Waals surface area contributed by atoms with Gasteiger partial charge < -0.3 is 4.90 Å². The Morgan fingerprint density at radius 1 is 1.33 bits per heavy atom. The van der Waals surface area contributed by atoms with E-state index in [1.165, 1.54) is 6.07 Å². The molecular weight excluding hydrogens is 385 g/mol. The summed E-state index contributed by atoms with van der Waals surface area (Å²) in [6, 6.07) is 8.50. The van der Waals surface area contributed by atoms with Gasteiger partial charge in [0.25, 0.3) is 0 Å². The molecule has 0 radical (unpaired) electrons. The summed E-state index contributed by atoms with van der Waals surface area (Å²) in [7, 11) is 1.95. The lowest BCUT2D eigenvalue weighted by atomic mass is 10.2. The molecule has 1 atom stereocenters. The topological polar surface area (TPSA) is 40.1 Å². The molecule has 2 aromatic heterocycles. The van der Waals surface area contributed by atoms with Crippen LogP contribution in [0.1, 0.15) is 5.56 Å². The number of nitrogens with one attached hydrogen (secondary N) is 1. The first kappa shape index (κ1) is 19.4. The van der Waals surface area contributed by atoms with Crippen molar-refractivity contribution in [3.8, 4) is 11.4 Å². The number of hydrogen-bond acceptors (Lipinski definition) is 3. The van der Waals surface area contributed by atoms with E-state index in [9.17, 15) is 4.39 Å². The molecule has 0 saturated heterocycles. The molecule has 0 aliphatic heterocycles. The highest BCUT2D eigenvalue weighted by atomic mass is 35.5. The van der Waals surface area contributed by atoms with E-state index in [2.05, 4.69) is 16.7 Å². The van der Waals surface area contributed by atoms with Crippen molar-refractivity contribution in [1.82, 2.24) is 19.3 Å². The summed E-state index contributed by atoms with van der Waals surface area (Å²) in [5.74, 6) is 0.420. The van der Waals surface area contributed by atoms with Gasteiger partial charge in [-0.2, -0.15) is 4.68 Å². The van der Waals surface area contributed by atoms with Crippen molar-refractivity contribution >= 4 is 23.8 Å². The van der Waals surface area contributed by atoms with Gasteiger partial charge >= 0.3 is 0 Å². The number of nitrogens with zero attached hydrogens (tertiary/aromatic N) is 4. The molecule has 3 aromatic rings. The Hall–Kier alpha value is -2.35. The summed E-state index contributed by atoms with van der Waals surface area (Å²) in [6.07, 6.45) is 5.23. The fraction of sp³-hybridized carbons (Fsp3) is 0.211. The molecule has 1 unspecified atom stereocenters. The Balaban J connectivity index is 1.89. The molecule has 8 heteroatoms. The Morgan fingerprint density at radius 3 is 2.81 bits per heavy atom. The molecule has 0 saturated carbocycles. The predicted octanol–water partition coefficient (Wildman–Crippen LogP) is 3.13. The smallest absolute Gasteiger partial charge is 0.203 e. The summed E-state index contributed by atoms with van der Waals surface area (Å²) in [5.41, 5.74) is 1.36. The Bertz CT molecular complexity index is 979. The lowest BCUT2D eigenvalue weighted by Crippen LogP contribution is -3.07. The van der Waals surface area contributed by atoms with Crippen LogP contribution in [0.5, 0.6) is 0 Å². The van der Waals surface area contributed by atoms with Crippen LogP contribution in [0.25, 0.3) is 11.4 Å². The van der Waals surface area contributed by atoms with Crippen molar-refractivity contribution in [3.05, 3.63) is 76.6 Å². The number of aromatic nitrogens is 4. The van der Waals surface area contributed by atoms with Crippen LogP contribution in [0, 0.1) is 10.6 Å². The summed E-state index contributed by atoms with van der Waals surface area (Å²) in [6.45, 7) is 5.23. The molecule has 1 aromatic carbocycles. The molecule has 1 N–H and O–H groups in total. The lowest BCUT2D eigenvalue weighted by molar-refractivity contribution is -0.917. The average Bonchev–Trinajstić information content (AvgIpc) is 2.96. The van der Waals surface area contributed by atoms with E-state index in [0.717, 1.165) is 16.3 Å². The van der Waals surface area contributed by atoms with E-state index < -0.39 is 0 Å². The zero-order valence-electron chi connectivity index (χ0n) is 14.9. The van der Waals surface area contributed by atoms with Gasteiger partial charge in [0.15, 0.2) is 12.5 Å². The third-order valence-corrected chi connectivity index (χ3v) is 4.90. The van der Waals surface area contributed by atoms with Crippen LogP contribution >= 0.6 is 23.8 Å². The lowest BCUT2D eigenvalue weighted by Gasteiger charge is -2.15. The third-order valence-electron chi connectivity index (χ3n) is 4.11. The van der Waals surface area contributed by atoms with E-state index in [4.69, 9.17) is 23.8 Å². The quantitative estimate of drug-likeness (QED) is 0.486. The molecule has 5 nitrogen and oxygen atoms in total. The molecule has 140 valence electrons. The van der Waals surface area contributed by atoms with Crippen molar-refractivity contribution in [3.63, 3.8) is 0 Å². The molecular formula is C19H20ClFN5S+. The zero-order chi connectivity index (χ0) is 19.4. The Labute approximate surface area is 167 Å². The van der Waals surface area contributed by atoms with Gasteiger partial charge in [-0.05, 0) is 36.5 Å². The first-order valence-electron chi connectivity index (χ1n) is 8.44. The Morgan fingerprint density at radius 2 is 2.15 bits per heavy atom. The fourth-order valence-corrected chi connectivity index (χ4v) is 3.36. The number of rotatable bonds is 7. The molecule has 2 heterocycles. The minimum Gasteiger partial charge on any atom is -0.315 e. The molecule has 0 aliphatic carbocycles. The van der Waals surface area contributed by atoms with Gasteiger partial charge in [-0.1, -0.05) is 23.7 Å². The van der Waals surface area contributed by atoms with E-state index in [1.807, 2.05) is 23.7 Å². The van der Waals surface area contributed by atoms with Gasteiger partial charge in [-0.25, -0.2) is 4.39 Å².